The average Bonchev–Trinajstić information content (AvgIpc) is 3.14. The van der Waals surface area contributed by atoms with Crippen molar-refractivity contribution in [3.8, 4) is 5.75 Å². The van der Waals surface area contributed by atoms with Gasteiger partial charge in [0.25, 0.3) is 17.4 Å². The van der Waals surface area contributed by atoms with Gasteiger partial charge in [0.15, 0.2) is 0 Å². The van der Waals surface area contributed by atoms with Gasteiger partial charge in [-0.1, -0.05) is 12.1 Å². The van der Waals surface area contributed by atoms with Crippen molar-refractivity contribution in [2.24, 2.45) is 0 Å². The van der Waals surface area contributed by atoms with Crippen LogP contribution in [0, 0.1) is 10.1 Å². The fourth-order valence-corrected chi connectivity index (χ4v) is 4.01. The summed E-state index contributed by atoms with van der Waals surface area (Å²) in [5, 5.41) is 31.8. The molecule has 4 rings (SSSR count). The largest absolute Gasteiger partial charge is 0.508 e. The van der Waals surface area contributed by atoms with E-state index in [2.05, 4.69) is 0 Å². The van der Waals surface area contributed by atoms with Gasteiger partial charge in [-0.2, -0.15) is 0 Å². The third-order valence-corrected chi connectivity index (χ3v) is 5.73. The van der Waals surface area contributed by atoms with Crippen molar-refractivity contribution >= 4 is 34.8 Å². The number of benzene rings is 3. The fourth-order valence-electron chi connectivity index (χ4n) is 4.01. The first-order valence-electron chi connectivity index (χ1n) is 11.2. The average molecular weight is 502 g/mol. The molecule has 10 nitrogen and oxygen atoms in total. The number of anilines is 1. The monoisotopic (exact) mass is 502 g/mol. The summed E-state index contributed by atoms with van der Waals surface area (Å²) in [6.07, 6.45) is -0.320. The number of non-ortho nitro benzene ring substituents is 1. The number of aromatic hydroxyl groups is 1. The van der Waals surface area contributed by atoms with Crippen LogP contribution in [-0.4, -0.2) is 38.9 Å². The number of ether oxygens (including phenoxy) is 1. The predicted molar refractivity (Wildman–Crippen MR) is 133 cm³/mol. The van der Waals surface area contributed by atoms with Gasteiger partial charge in [0, 0.05) is 23.4 Å². The summed E-state index contributed by atoms with van der Waals surface area (Å²) < 4.78 is 5.18. The summed E-state index contributed by atoms with van der Waals surface area (Å²) in [5.74, 6) is -2.97. The number of phenols is 1. The molecule has 1 heterocycles. The minimum atomic E-state index is -1.08. The molecule has 0 bridgehead atoms. The lowest BCUT2D eigenvalue weighted by Crippen LogP contribution is -2.29. The maximum absolute atomic E-state index is 13.2. The minimum absolute atomic E-state index is 0.0379. The third-order valence-electron chi connectivity index (χ3n) is 5.73. The normalized spacial score (nSPS) is 16.7. The molecule has 188 valence electrons. The first-order valence-corrected chi connectivity index (χ1v) is 11.2. The van der Waals surface area contributed by atoms with Crippen molar-refractivity contribution in [2.75, 3.05) is 4.90 Å². The number of aliphatic hydroxyl groups excluding tert-OH is 1. The SMILES string of the molecule is CC(C)OC(=O)c1ccc(N2C(=O)C(=O)/C(=C(\O)c3ccc([N+](=O)[O-])cc3)C2c2ccc(O)cc2)cc1. The Bertz CT molecular complexity index is 1410. The molecule has 37 heavy (non-hydrogen) atoms. The molecule has 1 aliphatic heterocycles. The second-order valence-corrected chi connectivity index (χ2v) is 8.57. The lowest BCUT2D eigenvalue weighted by Gasteiger charge is -2.25. The van der Waals surface area contributed by atoms with Crippen molar-refractivity contribution in [2.45, 2.75) is 26.0 Å². The van der Waals surface area contributed by atoms with Gasteiger partial charge >= 0.3 is 5.97 Å². The Hall–Kier alpha value is -4.99. The van der Waals surface area contributed by atoms with E-state index in [0.717, 1.165) is 0 Å². The molecule has 0 saturated carbocycles. The van der Waals surface area contributed by atoms with E-state index in [4.69, 9.17) is 4.74 Å². The number of carbonyl (C=O) groups is 3. The Kier molecular flexibility index (Phi) is 6.75. The van der Waals surface area contributed by atoms with E-state index in [0.29, 0.717) is 5.56 Å². The van der Waals surface area contributed by atoms with E-state index in [-0.39, 0.29) is 39.9 Å². The number of amides is 1. The van der Waals surface area contributed by atoms with Crippen molar-refractivity contribution in [1.29, 1.82) is 0 Å². The molecule has 0 aliphatic carbocycles. The molecule has 10 heteroatoms. The van der Waals surface area contributed by atoms with Crippen molar-refractivity contribution in [1.82, 2.24) is 0 Å². The van der Waals surface area contributed by atoms with E-state index in [1.165, 1.54) is 77.7 Å². The van der Waals surface area contributed by atoms with E-state index < -0.39 is 34.4 Å². The van der Waals surface area contributed by atoms with Crippen LogP contribution in [0.3, 0.4) is 0 Å². The highest BCUT2D eigenvalue weighted by Gasteiger charge is 2.47. The number of phenolic OH excluding ortho intramolecular Hbond substituents is 1. The third kappa shape index (κ3) is 4.90. The number of nitrogens with zero attached hydrogens (tertiary/aromatic N) is 2. The molecule has 2 N–H and O–H groups in total. The highest BCUT2D eigenvalue weighted by molar-refractivity contribution is 6.51. The van der Waals surface area contributed by atoms with Crippen LogP contribution < -0.4 is 4.90 Å². The molecule has 1 amide bonds. The highest BCUT2D eigenvalue weighted by atomic mass is 16.6. The molecule has 1 saturated heterocycles. The molecule has 3 aromatic rings. The number of hydrogen-bond acceptors (Lipinski definition) is 8. The topological polar surface area (TPSA) is 147 Å². The van der Waals surface area contributed by atoms with Gasteiger partial charge < -0.3 is 14.9 Å². The lowest BCUT2D eigenvalue weighted by molar-refractivity contribution is -0.384. The molecule has 1 fully saturated rings. The van der Waals surface area contributed by atoms with Gasteiger partial charge in [-0.25, -0.2) is 4.79 Å². The number of nitro groups is 1. The van der Waals surface area contributed by atoms with Crippen molar-refractivity contribution in [3.05, 3.63) is 105 Å². The second kappa shape index (κ2) is 9.94. The summed E-state index contributed by atoms with van der Waals surface area (Å²) in [7, 11) is 0. The van der Waals surface area contributed by atoms with Gasteiger partial charge in [0.1, 0.15) is 11.5 Å². The van der Waals surface area contributed by atoms with Crippen LogP contribution in [0.25, 0.3) is 5.76 Å². The molecule has 0 spiro atoms. The van der Waals surface area contributed by atoms with Crippen LogP contribution in [0.1, 0.15) is 41.4 Å². The quantitative estimate of drug-likeness (QED) is 0.125. The Morgan fingerprint density at radius 3 is 2.05 bits per heavy atom. The number of carbonyl (C=O) groups excluding carboxylic acids is 3. The molecule has 0 radical (unpaired) electrons. The van der Waals surface area contributed by atoms with Crippen LogP contribution in [0.15, 0.2) is 78.4 Å². The zero-order valence-corrected chi connectivity index (χ0v) is 19.8. The van der Waals surface area contributed by atoms with Gasteiger partial charge in [-0.05, 0) is 67.9 Å². The number of ketones is 1. The van der Waals surface area contributed by atoms with Gasteiger partial charge in [0.2, 0.25) is 0 Å². The van der Waals surface area contributed by atoms with Crippen LogP contribution >= 0.6 is 0 Å². The van der Waals surface area contributed by atoms with Crippen LogP contribution in [0.5, 0.6) is 5.75 Å². The Balaban J connectivity index is 1.82. The number of hydrogen-bond donors (Lipinski definition) is 2. The van der Waals surface area contributed by atoms with E-state index in [9.17, 15) is 34.7 Å². The Labute approximate surface area is 211 Å². The summed E-state index contributed by atoms with van der Waals surface area (Å²) in [5.41, 5.74) is 0.629. The first-order chi connectivity index (χ1) is 17.6. The first kappa shape index (κ1) is 25.1. The Morgan fingerprint density at radius 1 is 0.946 bits per heavy atom. The molecular weight excluding hydrogens is 480 g/mol. The van der Waals surface area contributed by atoms with Crippen molar-refractivity contribution in [3.63, 3.8) is 0 Å². The summed E-state index contributed by atoms with van der Waals surface area (Å²) in [6.45, 7) is 3.43. The predicted octanol–water partition coefficient (Wildman–Crippen LogP) is 4.49. The van der Waals surface area contributed by atoms with E-state index in [1.807, 2.05) is 0 Å². The Morgan fingerprint density at radius 2 is 1.51 bits per heavy atom. The number of Topliss-reactive ketones (excluding diaryl/α,β-unsaturated/α-hetero) is 1. The van der Waals surface area contributed by atoms with Gasteiger partial charge in [0.05, 0.1) is 28.2 Å². The van der Waals surface area contributed by atoms with Gasteiger partial charge in [-0.3, -0.25) is 24.6 Å². The number of rotatable bonds is 6. The summed E-state index contributed by atoms with van der Waals surface area (Å²) in [6, 6.07) is 15.5. The number of esters is 1. The smallest absolute Gasteiger partial charge is 0.338 e. The second-order valence-electron chi connectivity index (χ2n) is 8.57. The standard InChI is InChI=1S/C27H22N2O8/c1-15(2)37-27(34)18-5-9-19(10-6-18)28-23(16-7-13-21(30)14-8-16)22(25(32)26(28)33)24(31)17-3-11-20(12-4-17)29(35)36/h3-15,23,30-31H,1-2H3/b24-22-. The van der Waals surface area contributed by atoms with Crippen LogP contribution in [0.2, 0.25) is 0 Å². The molecule has 3 aromatic carbocycles. The van der Waals surface area contributed by atoms with Crippen LogP contribution in [0.4, 0.5) is 11.4 Å². The zero-order valence-electron chi connectivity index (χ0n) is 19.8. The number of aliphatic hydroxyl groups is 1. The maximum atomic E-state index is 13.2. The fraction of sp³-hybridized carbons (Fsp3) is 0.148. The molecule has 1 atom stereocenters. The van der Waals surface area contributed by atoms with Crippen molar-refractivity contribution < 1.29 is 34.3 Å². The van der Waals surface area contributed by atoms with Crippen LogP contribution in [-0.2, 0) is 14.3 Å². The molecular formula is C27H22N2O8. The molecule has 0 aromatic heterocycles. The highest BCUT2D eigenvalue weighted by Crippen LogP contribution is 2.42. The van der Waals surface area contributed by atoms with E-state index in [1.54, 1.807) is 13.8 Å². The molecule has 1 aliphatic rings. The number of nitro benzene ring substituents is 1. The zero-order chi connectivity index (χ0) is 26.9. The summed E-state index contributed by atoms with van der Waals surface area (Å²) >= 11 is 0. The van der Waals surface area contributed by atoms with E-state index >= 15 is 0 Å². The minimum Gasteiger partial charge on any atom is -0.508 e. The lowest BCUT2D eigenvalue weighted by atomic mass is 9.95. The van der Waals surface area contributed by atoms with Gasteiger partial charge in [-0.15, -0.1) is 0 Å². The summed E-state index contributed by atoms with van der Waals surface area (Å²) in [4.78, 5) is 50.2. The molecule has 1 unspecified atom stereocenters. The maximum Gasteiger partial charge on any atom is 0.338 e.